The van der Waals surface area contributed by atoms with Crippen LogP contribution in [0.5, 0.6) is 0 Å². The molecule has 1 fully saturated rings. The van der Waals surface area contributed by atoms with E-state index in [0.717, 1.165) is 25.7 Å². The van der Waals surface area contributed by atoms with Crippen molar-refractivity contribution < 1.29 is 4.79 Å². The molecule has 0 saturated heterocycles. The van der Waals surface area contributed by atoms with Crippen LogP contribution in [0.15, 0.2) is 0 Å². The van der Waals surface area contributed by atoms with Crippen LogP contribution in [0.25, 0.3) is 0 Å². The Balaban J connectivity index is 2.56. The second-order valence-corrected chi connectivity index (χ2v) is 3.52. The Bertz CT molecular complexity index is 243. The maximum atomic E-state index is 11.2. The highest BCUT2D eigenvalue weighted by molar-refractivity contribution is 5.93. The first kappa shape index (κ1) is 10.1. The molecule has 1 saturated carbocycles. The lowest BCUT2D eigenvalue weighted by Crippen LogP contribution is -2.51. The van der Waals surface area contributed by atoms with E-state index in [4.69, 9.17) is 5.73 Å². The van der Waals surface area contributed by atoms with Crippen molar-refractivity contribution in [3.63, 3.8) is 0 Å². The van der Waals surface area contributed by atoms with Gasteiger partial charge in [-0.15, -0.1) is 0 Å². The Morgan fingerprint density at radius 3 is 2.62 bits per heavy atom. The van der Waals surface area contributed by atoms with Gasteiger partial charge in [0.2, 0.25) is 0 Å². The fourth-order valence-corrected chi connectivity index (χ4v) is 1.82. The molecule has 3 heteroatoms. The molecule has 0 aromatic heterocycles. The number of hydrogen-bond donors (Lipinski definition) is 2. The van der Waals surface area contributed by atoms with Crippen LogP contribution in [0.3, 0.4) is 0 Å². The highest BCUT2D eigenvalue weighted by Crippen LogP contribution is 2.28. The zero-order chi connectivity index (χ0) is 9.73. The van der Waals surface area contributed by atoms with E-state index in [1.807, 2.05) is 0 Å². The molecule has 0 aromatic rings. The van der Waals surface area contributed by atoms with E-state index in [-0.39, 0.29) is 11.4 Å². The summed E-state index contributed by atoms with van der Waals surface area (Å²) in [7, 11) is 0. The van der Waals surface area contributed by atoms with Crippen molar-refractivity contribution in [2.45, 2.75) is 38.1 Å². The molecule has 0 spiro atoms. The number of carbonyl (C=O) groups is 1. The number of rotatable bonds is 2. The molecule has 1 rings (SSSR count). The van der Waals surface area contributed by atoms with Gasteiger partial charge in [0.25, 0.3) is 5.91 Å². The molecule has 3 nitrogen and oxygen atoms in total. The first-order chi connectivity index (χ1) is 6.22. The van der Waals surface area contributed by atoms with Gasteiger partial charge in [0, 0.05) is 6.54 Å². The Morgan fingerprint density at radius 2 is 2.15 bits per heavy atom. The fourth-order valence-electron chi connectivity index (χ4n) is 1.82. The van der Waals surface area contributed by atoms with Gasteiger partial charge in [-0.05, 0) is 25.7 Å². The highest BCUT2D eigenvalue weighted by atomic mass is 16.1. The van der Waals surface area contributed by atoms with Crippen LogP contribution in [0, 0.1) is 11.8 Å². The summed E-state index contributed by atoms with van der Waals surface area (Å²) in [6.07, 6.45) is 4.27. The van der Waals surface area contributed by atoms with Crippen LogP contribution >= 0.6 is 0 Å². The standard InChI is InChI=1S/C10H16N2O/c1-2-5-9(13)12-10(8-11)6-3-4-7-10/h3-4,6-8,11H2,1H3,(H,12,13). The van der Waals surface area contributed by atoms with Crippen molar-refractivity contribution in [3.05, 3.63) is 0 Å². The highest BCUT2D eigenvalue weighted by Gasteiger charge is 2.33. The number of nitrogens with one attached hydrogen (secondary N) is 1. The van der Waals surface area contributed by atoms with Crippen molar-refractivity contribution in [2.24, 2.45) is 5.73 Å². The van der Waals surface area contributed by atoms with Crippen molar-refractivity contribution in [2.75, 3.05) is 6.54 Å². The predicted octanol–water partition coefficient (Wildman–Crippen LogP) is 0.397. The fraction of sp³-hybridized carbons (Fsp3) is 0.700. The van der Waals surface area contributed by atoms with E-state index < -0.39 is 0 Å². The summed E-state index contributed by atoms with van der Waals surface area (Å²) in [6.45, 7) is 2.17. The molecule has 0 unspecified atom stereocenters. The summed E-state index contributed by atoms with van der Waals surface area (Å²) in [5.74, 6) is 4.86. The van der Waals surface area contributed by atoms with E-state index in [0.29, 0.717) is 6.54 Å². The van der Waals surface area contributed by atoms with Gasteiger partial charge in [-0.2, -0.15) is 0 Å². The van der Waals surface area contributed by atoms with Crippen LogP contribution in [-0.2, 0) is 4.79 Å². The molecular formula is C10H16N2O. The summed E-state index contributed by atoms with van der Waals surface area (Å²) in [5.41, 5.74) is 5.48. The van der Waals surface area contributed by atoms with Gasteiger partial charge in [-0.25, -0.2) is 0 Å². The summed E-state index contributed by atoms with van der Waals surface area (Å²) >= 11 is 0. The number of hydrogen-bond acceptors (Lipinski definition) is 2. The van der Waals surface area contributed by atoms with Gasteiger partial charge in [0.15, 0.2) is 0 Å². The van der Waals surface area contributed by atoms with Crippen LogP contribution in [0.1, 0.15) is 32.6 Å². The summed E-state index contributed by atoms with van der Waals surface area (Å²) in [5, 5.41) is 2.91. The second kappa shape index (κ2) is 4.29. The minimum atomic E-state index is -0.199. The molecule has 1 aliphatic rings. The Labute approximate surface area is 79.1 Å². The maximum absolute atomic E-state index is 11.2. The van der Waals surface area contributed by atoms with Crippen molar-refractivity contribution >= 4 is 5.91 Å². The van der Waals surface area contributed by atoms with Gasteiger partial charge in [-0.1, -0.05) is 18.8 Å². The summed E-state index contributed by atoms with van der Waals surface area (Å²) < 4.78 is 0. The normalized spacial score (nSPS) is 18.9. The Hall–Kier alpha value is -1.01. The quantitative estimate of drug-likeness (QED) is 0.604. The molecule has 0 aromatic carbocycles. The molecule has 13 heavy (non-hydrogen) atoms. The molecule has 0 aliphatic heterocycles. The molecule has 1 aliphatic carbocycles. The monoisotopic (exact) mass is 180 g/mol. The second-order valence-electron chi connectivity index (χ2n) is 3.52. The smallest absolute Gasteiger partial charge is 0.296 e. The molecule has 1 amide bonds. The molecule has 0 radical (unpaired) electrons. The zero-order valence-corrected chi connectivity index (χ0v) is 8.02. The topological polar surface area (TPSA) is 55.1 Å². The lowest BCUT2D eigenvalue weighted by molar-refractivity contribution is -0.117. The number of amides is 1. The first-order valence-corrected chi connectivity index (χ1v) is 4.67. The van der Waals surface area contributed by atoms with Gasteiger partial charge in [-0.3, -0.25) is 4.79 Å². The third-order valence-electron chi connectivity index (χ3n) is 2.57. The van der Waals surface area contributed by atoms with E-state index in [2.05, 4.69) is 17.2 Å². The predicted molar refractivity (Wildman–Crippen MR) is 51.8 cm³/mol. The van der Waals surface area contributed by atoms with E-state index in [1.54, 1.807) is 6.92 Å². The van der Waals surface area contributed by atoms with Crippen molar-refractivity contribution in [1.29, 1.82) is 0 Å². The Morgan fingerprint density at radius 1 is 1.54 bits per heavy atom. The third kappa shape index (κ3) is 2.46. The van der Waals surface area contributed by atoms with Crippen LogP contribution in [-0.4, -0.2) is 18.0 Å². The maximum Gasteiger partial charge on any atom is 0.296 e. The average molecular weight is 180 g/mol. The van der Waals surface area contributed by atoms with Crippen LogP contribution in [0.2, 0.25) is 0 Å². The van der Waals surface area contributed by atoms with E-state index in [9.17, 15) is 4.79 Å². The van der Waals surface area contributed by atoms with Crippen molar-refractivity contribution in [3.8, 4) is 11.8 Å². The van der Waals surface area contributed by atoms with Gasteiger partial charge >= 0.3 is 0 Å². The zero-order valence-electron chi connectivity index (χ0n) is 8.02. The third-order valence-corrected chi connectivity index (χ3v) is 2.57. The number of nitrogens with two attached hydrogens (primary N) is 1. The lowest BCUT2D eigenvalue weighted by Gasteiger charge is -2.27. The minimum Gasteiger partial charge on any atom is -0.339 e. The average Bonchev–Trinajstić information content (AvgIpc) is 2.54. The Kier molecular flexibility index (Phi) is 3.32. The summed E-state index contributed by atoms with van der Waals surface area (Å²) in [4.78, 5) is 11.2. The molecule has 0 bridgehead atoms. The van der Waals surface area contributed by atoms with Crippen LogP contribution in [0.4, 0.5) is 0 Å². The SMILES string of the molecule is CC#CC(=O)NC1(CN)CCCC1. The van der Waals surface area contributed by atoms with Gasteiger partial charge < -0.3 is 11.1 Å². The van der Waals surface area contributed by atoms with E-state index in [1.165, 1.54) is 0 Å². The van der Waals surface area contributed by atoms with Gasteiger partial charge in [0.05, 0.1) is 5.54 Å². The largest absolute Gasteiger partial charge is 0.339 e. The minimum absolute atomic E-state index is 0.166. The first-order valence-electron chi connectivity index (χ1n) is 4.67. The van der Waals surface area contributed by atoms with Crippen molar-refractivity contribution in [1.82, 2.24) is 5.32 Å². The number of carbonyl (C=O) groups excluding carboxylic acids is 1. The molecule has 0 atom stereocenters. The lowest BCUT2D eigenvalue weighted by atomic mass is 9.98. The van der Waals surface area contributed by atoms with Gasteiger partial charge in [0.1, 0.15) is 0 Å². The summed E-state index contributed by atoms with van der Waals surface area (Å²) in [6, 6.07) is 0. The molecule has 0 heterocycles. The van der Waals surface area contributed by atoms with E-state index >= 15 is 0 Å². The molecular weight excluding hydrogens is 164 g/mol. The molecule has 3 N–H and O–H groups in total. The van der Waals surface area contributed by atoms with Crippen LogP contribution < -0.4 is 11.1 Å². The molecule has 72 valence electrons.